The number of pyridine rings is 1. The average Bonchev–Trinajstić information content (AvgIpc) is 2.86. The molecule has 1 saturated carbocycles. The van der Waals surface area contributed by atoms with Gasteiger partial charge in [-0.25, -0.2) is 18.1 Å². The number of nitrogens with zero attached hydrogens (tertiary/aromatic N) is 3. The second-order valence-electron chi connectivity index (χ2n) is 8.90. The van der Waals surface area contributed by atoms with E-state index in [0.29, 0.717) is 35.7 Å². The van der Waals surface area contributed by atoms with E-state index in [2.05, 4.69) is 25.0 Å². The van der Waals surface area contributed by atoms with Gasteiger partial charge in [-0.3, -0.25) is 4.98 Å². The van der Waals surface area contributed by atoms with Crippen molar-refractivity contribution in [1.82, 2.24) is 19.7 Å². The lowest BCUT2D eigenvalue weighted by atomic mass is 9.82. The van der Waals surface area contributed by atoms with Crippen LogP contribution in [0.2, 0.25) is 0 Å². The highest BCUT2D eigenvalue weighted by Gasteiger charge is 2.24. The number of nitrogen functional groups attached to an aromatic ring is 1. The first-order valence-electron chi connectivity index (χ1n) is 11.6. The number of rotatable bonds is 7. The van der Waals surface area contributed by atoms with Crippen molar-refractivity contribution >= 4 is 43.6 Å². The van der Waals surface area contributed by atoms with Crippen molar-refractivity contribution in [2.45, 2.75) is 30.6 Å². The van der Waals surface area contributed by atoms with Crippen LogP contribution in [0.1, 0.15) is 25.7 Å². The number of fused-ring (bicyclic) bond motifs is 2. The van der Waals surface area contributed by atoms with E-state index in [9.17, 15) is 8.42 Å². The molecule has 1 aliphatic carbocycles. The second kappa shape index (κ2) is 9.52. The Morgan fingerprint density at radius 3 is 2.44 bits per heavy atom. The van der Waals surface area contributed by atoms with Gasteiger partial charge in [-0.1, -0.05) is 30.3 Å². The molecule has 4 aromatic rings. The lowest BCUT2D eigenvalue weighted by molar-refractivity contribution is 0.284. The fourth-order valence-corrected chi connectivity index (χ4v) is 5.95. The van der Waals surface area contributed by atoms with E-state index in [-0.39, 0.29) is 4.90 Å². The van der Waals surface area contributed by atoms with Gasteiger partial charge >= 0.3 is 0 Å². The molecule has 2 aromatic carbocycles. The van der Waals surface area contributed by atoms with Gasteiger partial charge in [0.15, 0.2) is 0 Å². The fourth-order valence-electron chi connectivity index (χ4n) is 4.65. The Labute approximate surface area is 199 Å². The van der Waals surface area contributed by atoms with E-state index in [0.717, 1.165) is 48.5 Å². The molecule has 0 spiro atoms. The molecule has 5 rings (SSSR count). The SMILES string of the molecule is Nc1nc(NCC2CCC(CNS(=O)(=O)c3cccc4cccnc34)CC2)nc2ccccc12. The number of hydrogen-bond acceptors (Lipinski definition) is 7. The van der Waals surface area contributed by atoms with E-state index in [1.807, 2.05) is 36.4 Å². The number of nitrogens with one attached hydrogen (secondary N) is 2. The summed E-state index contributed by atoms with van der Waals surface area (Å²) in [6.07, 6.45) is 5.62. The van der Waals surface area contributed by atoms with Gasteiger partial charge in [0.05, 0.1) is 11.0 Å². The molecule has 2 heterocycles. The third-order valence-electron chi connectivity index (χ3n) is 6.60. The van der Waals surface area contributed by atoms with E-state index in [4.69, 9.17) is 5.73 Å². The van der Waals surface area contributed by atoms with Crippen molar-refractivity contribution in [1.29, 1.82) is 0 Å². The van der Waals surface area contributed by atoms with Crippen molar-refractivity contribution in [2.24, 2.45) is 11.8 Å². The summed E-state index contributed by atoms with van der Waals surface area (Å²) in [4.78, 5) is 13.4. The third-order valence-corrected chi connectivity index (χ3v) is 8.05. The monoisotopic (exact) mass is 476 g/mol. The second-order valence-corrected chi connectivity index (χ2v) is 10.6. The molecular formula is C25H28N6O2S. The van der Waals surface area contributed by atoms with Crippen LogP contribution in [0.4, 0.5) is 11.8 Å². The highest BCUT2D eigenvalue weighted by molar-refractivity contribution is 7.89. The summed E-state index contributed by atoms with van der Waals surface area (Å²) in [5, 5.41) is 5.01. The zero-order valence-electron chi connectivity index (χ0n) is 18.8. The molecular weight excluding hydrogens is 448 g/mol. The standard InChI is InChI=1S/C25H28N6O2S/c26-24-20-7-1-2-8-21(20)30-25(31-24)28-15-17-10-12-18(13-11-17)16-29-34(32,33)22-9-3-5-19-6-4-14-27-23(19)22/h1-9,14,17-18,29H,10-13,15-16H2,(H3,26,28,30,31). The zero-order chi connectivity index (χ0) is 23.5. The number of hydrogen-bond donors (Lipinski definition) is 3. The van der Waals surface area contributed by atoms with Crippen LogP contribution in [-0.4, -0.2) is 36.5 Å². The molecule has 0 bridgehead atoms. The summed E-state index contributed by atoms with van der Waals surface area (Å²) in [6, 6.07) is 16.6. The number of nitrogens with two attached hydrogens (primary N) is 1. The van der Waals surface area contributed by atoms with Gasteiger partial charge in [0.1, 0.15) is 10.7 Å². The van der Waals surface area contributed by atoms with Crippen LogP contribution < -0.4 is 15.8 Å². The summed E-state index contributed by atoms with van der Waals surface area (Å²) >= 11 is 0. The lowest BCUT2D eigenvalue weighted by Gasteiger charge is -2.28. The Hall–Kier alpha value is -3.30. The summed E-state index contributed by atoms with van der Waals surface area (Å²) in [6.45, 7) is 1.22. The van der Waals surface area contributed by atoms with Gasteiger partial charge < -0.3 is 11.1 Å². The first kappa shape index (κ1) is 22.5. The number of para-hydroxylation sites is 2. The number of benzene rings is 2. The van der Waals surface area contributed by atoms with Crippen molar-refractivity contribution < 1.29 is 8.42 Å². The van der Waals surface area contributed by atoms with Crippen LogP contribution in [0.25, 0.3) is 21.8 Å². The molecule has 0 amide bonds. The van der Waals surface area contributed by atoms with E-state index in [1.165, 1.54) is 0 Å². The average molecular weight is 477 g/mol. The van der Waals surface area contributed by atoms with Crippen molar-refractivity contribution in [3.63, 3.8) is 0 Å². The summed E-state index contributed by atoms with van der Waals surface area (Å²) in [5.74, 6) is 1.84. The van der Waals surface area contributed by atoms with Crippen LogP contribution in [0.5, 0.6) is 0 Å². The first-order chi connectivity index (χ1) is 16.5. The van der Waals surface area contributed by atoms with Crippen molar-refractivity contribution in [3.8, 4) is 0 Å². The maximum atomic E-state index is 12.9. The molecule has 0 saturated heterocycles. The van der Waals surface area contributed by atoms with E-state index in [1.54, 1.807) is 24.4 Å². The van der Waals surface area contributed by atoms with Crippen LogP contribution in [0.3, 0.4) is 0 Å². The molecule has 34 heavy (non-hydrogen) atoms. The third kappa shape index (κ3) is 4.80. The smallest absolute Gasteiger partial charge is 0.242 e. The molecule has 0 aliphatic heterocycles. The normalized spacial score (nSPS) is 18.8. The Kier molecular flexibility index (Phi) is 6.30. The molecule has 2 aromatic heterocycles. The van der Waals surface area contributed by atoms with Crippen LogP contribution in [0, 0.1) is 11.8 Å². The quantitative estimate of drug-likeness (QED) is 0.369. The van der Waals surface area contributed by atoms with Gasteiger partial charge in [0.2, 0.25) is 16.0 Å². The first-order valence-corrected chi connectivity index (χ1v) is 13.1. The Morgan fingerprint density at radius 1 is 0.882 bits per heavy atom. The van der Waals surface area contributed by atoms with Crippen LogP contribution in [-0.2, 0) is 10.0 Å². The molecule has 0 unspecified atom stereocenters. The largest absolute Gasteiger partial charge is 0.383 e. The predicted molar refractivity (Wildman–Crippen MR) is 135 cm³/mol. The van der Waals surface area contributed by atoms with Crippen LogP contribution in [0.15, 0.2) is 65.7 Å². The minimum atomic E-state index is -3.62. The molecule has 8 nitrogen and oxygen atoms in total. The van der Waals surface area contributed by atoms with E-state index >= 15 is 0 Å². The molecule has 0 radical (unpaired) electrons. The minimum Gasteiger partial charge on any atom is -0.383 e. The predicted octanol–water partition coefficient (Wildman–Crippen LogP) is 3.96. The topological polar surface area (TPSA) is 123 Å². The Bertz CT molecular complexity index is 1410. The minimum absolute atomic E-state index is 0.234. The Balaban J connectivity index is 1.14. The van der Waals surface area contributed by atoms with Crippen molar-refractivity contribution in [3.05, 3.63) is 60.8 Å². The van der Waals surface area contributed by atoms with Gasteiger partial charge in [0, 0.05) is 30.1 Å². The molecule has 9 heteroatoms. The van der Waals surface area contributed by atoms with E-state index < -0.39 is 10.0 Å². The number of aromatic nitrogens is 3. The summed E-state index contributed by atoms with van der Waals surface area (Å²) in [5.41, 5.74) is 7.41. The molecule has 1 fully saturated rings. The van der Waals surface area contributed by atoms with Gasteiger partial charge in [-0.2, -0.15) is 4.98 Å². The molecule has 176 valence electrons. The van der Waals surface area contributed by atoms with Gasteiger partial charge in [-0.15, -0.1) is 0 Å². The maximum absolute atomic E-state index is 12.9. The zero-order valence-corrected chi connectivity index (χ0v) is 19.6. The number of sulfonamides is 1. The van der Waals surface area contributed by atoms with Gasteiger partial charge in [-0.05, 0) is 61.8 Å². The molecule has 0 atom stereocenters. The number of anilines is 2. The maximum Gasteiger partial charge on any atom is 0.242 e. The lowest BCUT2D eigenvalue weighted by Crippen LogP contribution is -2.32. The van der Waals surface area contributed by atoms with Crippen molar-refractivity contribution in [2.75, 3.05) is 24.1 Å². The highest BCUT2D eigenvalue weighted by atomic mass is 32.2. The summed E-state index contributed by atoms with van der Waals surface area (Å²) < 4.78 is 28.7. The highest BCUT2D eigenvalue weighted by Crippen LogP contribution is 2.29. The fraction of sp³-hybridized carbons (Fsp3) is 0.320. The Morgan fingerprint density at radius 2 is 1.62 bits per heavy atom. The molecule has 1 aliphatic rings. The molecule has 4 N–H and O–H groups in total. The van der Waals surface area contributed by atoms with Gasteiger partial charge in [0.25, 0.3) is 0 Å². The van der Waals surface area contributed by atoms with Crippen LogP contribution >= 0.6 is 0 Å². The summed E-state index contributed by atoms with van der Waals surface area (Å²) in [7, 11) is -3.62.